The van der Waals surface area contributed by atoms with Crippen LogP contribution < -0.4 is 0 Å². The molecule has 0 aromatic carbocycles. The maximum atomic E-state index is 4.63. The first-order valence-electron chi connectivity index (χ1n) is 4.90. The van der Waals surface area contributed by atoms with Gasteiger partial charge in [0.05, 0.1) is 5.52 Å². The van der Waals surface area contributed by atoms with Gasteiger partial charge >= 0.3 is 0 Å². The van der Waals surface area contributed by atoms with E-state index in [1.165, 1.54) is 0 Å². The number of fused-ring (bicyclic) bond motifs is 1. The van der Waals surface area contributed by atoms with Crippen molar-refractivity contribution in [2.24, 2.45) is 0 Å². The van der Waals surface area contributed by atoms with Gasteiger partial charge in [0.15, 0.2) is 0 Å². The normalized spacial score (nSPS) is 11.1. The number of hydrogen-bond donors (Lipinski definition) is 0. The van der Waals surface area contributed by atoms with Crippen LogP contribution in [0.2, 0.25) is 0 Å². The number of aromatic nitrogens is 2. The molecule has 14 heavy (non-hydrogen) atoms. The van der Waals surface area contributed by atoms with Gasteiger partial charge in [0.2, 0.25) is 0 Å². The summed E-state index contributed by atoms with van der Waals surface area (Å²) in [6.07, 6.45) is 3.72. The Labute approximate surface area is 84.0 Å². The lowest BCUT2D eigenvalue weighted by molar-refractivity contribution is 0.829. The quantitative estimate of drug-likeness (QED) is 0.684. The summed E-state index contributed by atoms with van der Waals surface area (Å²) in [6, 6.07) is 4.17. The maximum Gasteiger partial charge on any atom is 0.0765 e. The fourth-order valence-corrected chi connectivity index (χ4v) is 1.52. The minimum atomic E-state index is 0.479. The van der Waals surface area contributed by atoms with Crippen LogP contribution in [0.1, 0.15) is 31.0 Å². The third-order valence-electron chi connectivity index (χ3n) is 2.39. The summed E-state index contributed by atoms with van der Waals surface area (Å²) >= 11 is 0. The fourth-order valence-electron chi connectivity index (χ4n) is 1.52. The SMILES string of the molecule is Cc1cncc2ccc(C(C)C)nc12. The maximum absolute atomic E-state index is 4.63. The van der Waals surface area contributed by atoms with Gasteiger partial charge in [0.1, 0.15) is 0 Å². The van der Waals surface area contributed by atoms with Gasteiger partial charge in [0.25, 0.3) is 0 Å². The molecule has 2 nitrogen and oxygen atoms in total. The van der Waals surface area contributed by atoms with Crippen molar-refractivity contribution in [2.45, 2.75) is 26.7 Å². The number of aryl methyl sites for hydroxylation is 1. The van der Waals surface area contributed by atoms with Crippen LogP contribution >= 0.6 is 0 Å². The minimum Gasteiger partial charge on any atom is -0.264 e. The fraction of sp³-hybridized carbons (Fsp3) is 0.333. The molecule has 72 valence electrons. The zero-order chi connectivity index (χ0) is 10.1. The highest BCUT2D eigenvalue weighted by Gasteiger charge is 2.03. The van der Waals surface area contributed by atoms with E-state index in [1.807, 2.05) is 19.3 Å². The molecule has 0 aliphatic rings. The van der Waals surface area contributed by atoms with Crippen molar-refractivity contribution in [1.82, 2.24) is 9.97 Å². The molecule has 2 heterocycles. The first kappa shape index (κ1) is 9.13. The topological polar surface area (TPSA) is 25.8 Å². The third kappa shape index (κ3) is 1.48. The molecule has 2 rings (SSSR count). The first-order valence-corrected chi connectivity index (χ1v) is 4.90. The van der Waals surface area contributed by atoms with E-state index in [0.29, 0.717) is 5.92 Å². The van der Waals surface area contributed by atoms with Crippen LogP contribution in [0.15, 0.2) is 24.5 Å². The molecule has 0 radical (unpaired) electrons. The molecule has 0 spiro atoms. The lowest BCUT2D eigenvalue weighted by Crippen LogP contribution is -1.94. The average molecular weight is 186 g/mol. The van der Waals surface area contributed by atoms with Gasteiger partial charge < -0.3 is 0 Å². The predicted octanol–water partition coefficient (Wildman–Crippen LogP) is 3.06. The van der Waals surface area contributed by atoms with Crippen LogP contribution in [-0.2, 0) is 0 Å². The largest absolute Gasteiger partial charge is 0.264 e. The smallest absolute Gasteiger partial charge is 0.0765 e. The van der Waals surface area contributed by atoms with E-state index in [1.54, 1.807) is 0 Å². The Morgan fingerprint density at radius 2 is 1.93 bits per heavy atom. The molecule has 0 unspecified atom stereocenters. The molecular weight excluding hydrogens is 172 g/mol. The van der Waals surface area contributed by atoms with E-state index >= 15 is 0 Å². The highest BCUT2D eigenvalue weighted by Crippen LogP contribution is 2.18. The van der Waals surface area contributed by atoms with Gasteiger partial charge in [-0.25, -0.2) is 0 Å². The summed E-state index contributed by atoms with van der Waals surface area (Å²) in [7, 11) is 0. The summed E-state index contributed by atoms with van der Waals surface area (Å²) in [5, 5.41) is 1.12. The van der Waals surface area contributed by atoms with Crippen LogP contribution in [-0.4, -0.2) is 9.97 Å². The van der Waals surface area contributed by atoms with Crippen LogP contribution in [0, 0.1) is 6.92 Å². The van der Waals surface area contributed by atoms with Gasteiger partial charge in [-0.05, 0) is 30.5 Å². The van der Waals surface area contributed by atoms with Gasteiger partial charge in [-0.1, -0.05) is 13.8 Å². The second-order valence-corrected chi connectivity index (χ2v) is 3.92. The van der Waals surface area contributed by atoms with E-state index in [9.17, 15) is 0 Å². The van der Waals surface area contributed by atoms with Gasteiger partial charge in [-0.15, -0.1) is 0 Å². The molecule has 2 heteroatoms. The molecule has 0 saturated heterocycles. The summed E-state index contributed by atoms with van der Waals surface area (Å²) in [5.41, 5.74) is 3.36. The second-order valence-electron chi connectivity index (χ2n) is 3.92. The van der Waals surface area contributed by atoms with Crippen LogP contribution in [0.3, 0.4) is 0 Å². The molecule has 0 atom stereocenters. The molecule has 0 N–H and O–H groups in total. The van der Waals surface area contributed by atoms with E-state index in [-0.39, 0.29) is 0 Å². The average Bonchev–Trinajstić information content (AvgIpc) is 2.18. The first-order chi connectivity index (χ1) is 6.68. The van der Waals surface area contributed by atoms with E-state index in [4.69, 9.17) is 0 Å². The number of hydrogen-bond acceptors (Lipinski definition) is 2. The second kappa shape index (κ2) is 3.37. The Kier molecular flexibility index (Phi) is 2.20. The molecule has 2 aromatic heterocycles. The Morgan fingerprint density at radius 3 is 2.64 bits per heavy atom. The van der Waals surface area contributed by atoms with Gasteiger partial charge in [-0.3, -0.25) is 9.97 Å². The summed E-state index contributed by atoms with van der Waals surface area (Å²) < 4.78 is 0. The summed E-state index contributed by atoms with van der Waals surface area (Å²) in [4.78, 5) is 8.78. The standard InChI is InChI=1S/C12H14N2/c1-8(2)11-5-4-10-7-13-6-9(3)12(10)14-11/h4-8H,1-3H3. The van der Waals surface area contributed by atoms with Crippen LogP contribution in [0.5, 0.6) is 0 Å². The molecule has 0 saturated carbocycles. The van der Waals surface area contributed by atoms with E-state index in [2.05, 4.69) is 35.9 Å². The summed E-state index contributed by atoms with van der Waals surface area (Å²) in [6.45, 7) is 6.36. The molecule has 0 fully saturated rings. The Hall–Kier alpha value is -1.44. The van der Waals surface area contributed by atoms with Crippen molar-refractivity contribution < 1.29 is 0 Å². The Balaban J connectivity index is 2.70. The lowest BCUT2D eigenvalue weighted by Gasteiger charge is -2.06. The molecule has 2 aromatic rings. The van der Waals surface area contributed by atoms with Gasteiger partial charge in [-0.2, -0.15) is 0 Å². The summed E-state index contributed by atoms with van der Waals surface area (Å²) in [5.74, 6) is 0.479. The van der Waals surface area contributed by atoms with E-state index < -0.39 is 0 Å². The van der Waals surface area contributed by atoms with Crippen LogP contribution in [0.25, 0.3) is 10.9 Å². The Bertz CT molecular complexity index is 461. The zero-order valence-electron chi connectivity index (χ0n) is 8.78. The van der Waals surface area contributed by atoms with Crippen molar-refractivity contribution in [1.29, 1.82) is 0 Å². The van der Waals surface area contributed by atoms with E-state index in [0.717, 1.165) is 22.2 Å². The van der Waals surface area contributed by atoms with Crippen molar-refractivity contribution in [3.05, 3.63) is 35.8 Å². The molecule has 0 amide bonds. The predicted molar refractivity (Wildman–Crippen MR) is 58.4 cm³/mol. The lowest BCUT2D eigenvalue weighted by atomic mass is 10.1. The molecule has 0 aliphatic heterocycles. The number of nitrogens with zero attached hydrogens (tertiary/aromatic N) is 2. The van der Waals surface area contributed by atoms with Crippen molar-refractivity contribution in [3.8, 4) is 0 Å². The highest BCUT2D eigenvalue weighted by atomic mass is 14.7. The molecular formula is C12H14N2. The number of rotatable bonds is 1. The third-order valence-corrected chi connectivity index (χ3v) is 2.39. The van der Waals surface area contributed by atoms with Crippen molar-refractivity contribution >= 4 is 10.9 Å². The zero-order valence-corrected chi connectivity index (χ0v) is 8.78. The van der Waals surface area contributed by atoms with Crippen molar-refractivity contribution in [2.75, 3.05) is 0 Å². The highest BCUT2D eigenvalue weighted by molar-refractivity contribution is 5.80. The molecule has 0 bridgehead atoms. The van der Waals surface area contributed by atoms with Crippen molar-refractivity contribution in [3.63, 3.8) is 0 Å². The molecule has 0 aliphatic carbocycles. The Morgan fingerprint density at radius 1 is 1.14 bits per heavy atom. The monoisotopic (exact) mass is 186 g/mol. The van der Waals surface area contributed by atoms with Crippen LogP contribution in [0.4, 0.5) is 0 Å². The number of pyridine rings is 2. The minimum absolute atomic E-state index is 0.479. The van der Waals surface area contributed by atoms with Gasteiger partial charge in [0, 0.05) is 23.5 Å².